The number of para-hydroxylation sites is 2. The molecule has 0 saturated carbocycles. The minimum absolute atomic E-state index is 0.256. The first-order valence-electron chi connectivity index (χ1n) is 6.95. The van der Waals surface area contributed by atoms with E-state index in [2.05, 4.69) is 15.3 Å². The molecule has 6 nitrogen and oxygen atoms in total. The van der Waals surface area contributed by atoms with Crippen molar-refractivity contribution in [1.29, 1.82) is 0 Å². The Labute approximate surface area is 126 Å². The van der Waals surface area contributed by atoms with Gasteiger partial charge in [-0.2, -0.15) is 0 Å². The summed E-state index contributed by atoms with van der Waals surface area (Å²) in [6, 6.07) is 10.8. The van der Waals surface area contributed by atoms with Gasteiger partial charge < -0.3 is 14.8 Å². The molecule has 0 aliphatic rings. The van der Waals surface area contributed by atoms with E-state index in [4.69, 9.17) is 4.42 Å². The first kappa shape index (κ1) is 14.2. The van der Waals surface area contributed by atoms with Crippen molar-refractivity contribution in [2.24, 2.45) is 0 Å². The van der Waals surface area contributed by atoms with Gasteiger partial charge >= 0.3 is 0 Å². The number of aliphatic hydroxyl groups is 1. The summed E-state index contributed by atoms with van der Waals surface area (Å²) in [4.78, 5) is 20.5. The van der Waals surface area contributed by atoms with Crippen LogP contribution in [0.2, 0.25) is 0 Å². The van der Waals surface area contributed by atoms with Gasteiger partial charge in [-0.15, -0.1) is 0 Å². The number of carbonyl (C=O) groups is 1. The van der Waals surface area contributed by atoms with Gasteiger partial charge in [-0.05, 0) is 30.7 Å². The fourth-order valence-corrected chi connectivity index (χ4v) is 2.10. The van der Waals surface area contributed by atoms with E-state index >= 15 is 0 Å². The number of aromatic nitrogens is 2. The highest BCUT2D eigenvalue weighted by Crippen LogP contribution is 2.16. The van der Waals surface area contributed by atoms with Crippen LogP contribution in [0.3, 0.4) is 0 Å². The fourth-order valence-electron chi connectivity index (χ4n) is 2.10. The Morgan fingerprint density at radius 3 is 2.82 bits per heavy atom. The summed E-state index contributed by atoms with van der Waals surface area (Å²) in [7, 11) is 0. The summed E-state index contributed by atoms with van der Waals surface area (Å²) in [5, 5.41) is 12.6. The van der Waals surface area contributed by atoms with Gasteiger partial charge in [-0.3, -0.25) is 9.78 Å². The first-order valence-corrected chi connectivity index (χ1v) is 6.95. The summed E-state index contributed by atoms with van der Waals surface area (Å²) in [6.07, 6.45) is 2.57. The van der Waals surface area contributed by atoms with E-state index in [1.165, 1.54) is 12.5 Å². The molecule has 0 radical (unpaired) electrons. The van der Waals surface area contributed by atoms with Crippen LogP contribution in [0.5, 0.6) is 0 Å². The minimum atomic E-state index is -0.738. The Bertz CT molecular complexity index is 771. The zero-order valence-corrected chi connectivity index (χ0v) is 11.8. The molecule has 0 spiro atoms. The maximum atomic E-state index is 12.0. The van der Waals surface area contributed by atoms with Crippen LogP contribution in [0.4, 0.5) is 0 Å². The predicted molar refractivity (Wildman–Crippen MR) is 80.2 cm³/mol. The molecule has 0 bridgehead atoms. The molecule has 22 heavy (non-hydrogen) atoms. The van der Waals surface area contributed by atoms with Crippen LogP contribution >= 0.6 is 0 Å². The molecule has 2 N–H and O–H groups in total. The largest absolute Gasteiger partial charge is 0.467 e. The van der Waals surface area contributed by atoms with Gasteiger partial charge in [0.15, 0.2) is 0 Å². The molecule has 2 heterocycles. The monoisotopic (exact) mass is 297 g/mol. The highest BCUT2D eigenvalue weighted by atomic mass is 16.4. The van der Waals surface area contributed by atoms with Crippen molar-refractivity contribution in [1.82, 2.24) is 15.3 Å². The number of aliphatic hydroxyl groups excluding tert-OH is 1. The van der Waals surface area contributed by atoms with Crippen LogP contribution < -0.4 is 5.32 Å². The number of rotatable bonds is 5. The molecule has 2 aromatic heterocycles. The van der Waals surface area contributed by atoms with E-state index < -0.39 is 6.10 Å². The van der Waals surface area contributed by atoms with Gasteiger partial charge in [0.25, 0.3) is 5.91 Å². The van der Waals surface area contributed by atoms with Crippen LogP contribution in [0.15, 0.2) is 53.3 Å². The lowest BCUT2D eigenvalue weighted by Gasteiger charge is -2.09. The molecule has 3 rings (SSSR count). The van der Waals surface area contributed by atoms with Gasteiger partial charge in [0, 0.05) is 6.54 Å². The summed E-state index contributed by atoms with van der Waals surface area (Å²) in [5.41, 5.74) is 1.67. The van der Waals surface area contributed by atoms with E-state index in [-0.39, 0.29) is 11.6 Å². The van der Waals surface area contributed by atoms with Crippen molar-refractivity contribution in [2.45, 2.75) is 12.5 Å². The van der Waals surface area contributed by atoms with Gasteiger partial charge in [0.1, 0.15) is 17.6 Å². The van der Waals surface area contributed by atoms with Crippen LogP contribution in [0, 0.1) is 0 Å². The maximum Gasteiger partial charge on any atom is 0.271 e. The van der Waals surface area contributed by atoms with E-state index in [1.54, 1.807) is 18.2 Å². The normalized spacial score (nSPS) is 12.2. The van der Waals surface area contributed by atoms with E-state index in [9.17, 15) is 9.90 Å². The lowest BCUT2D eigenvalue weighted by molar-refractivity contribution is 0.0931. The molecule has 0 fully saturated rings. The van der Waals surface area contributed by atoms with Crippen LogP contribution in [-0.2, 0) is 0 Å². The smallest absolute Gasteiger partial charge is 0.271 e. The molecule has 6 heteroatoms. The SMILES string of the molecule is O=C(NCCC(O)c1ccco1)c1cnc2ccccc2n1. The Morgan fingerprint density at radius 1 is 1.23 bits per heavy atom. The molecule has 1 amide bonds. The Hall–Kier alpha value is -2.73. The van der Waals surface area contributed by atoms with Crippen molar-refractivity contribution >= 4 is 16.9 Å². The van der Waals surface area contributed by atoms with Gasteiger partial charge in [-0.25, -0.2) is 4.98 Å². The second-order valence-corrected chi connectivity index (χ2v) is 4.82. The topological polar surface area (TPSA) is 88.2 Å². The van der Waals surface area contributed by atoms with Crippen LogP contribution in [-0.4, -0.2) is 27.5 Å². The second-order valence-electron chi connectivity index (χ2n) is 4.82. The summed E-state index contributed by atoms with van der Waals surface area (Å²) in [5.74, 6) is 0.171. The summed E-state index contributed by atoms with van der Waals surface area (Å²) in [6.45, 7) is 0.315. The molecule has 1 atom stereocenters. The van der Waals surface area contributed by atoms with E-state index in [1.807, 2.05) is 18.2 Å². The minimum Gasteiger partial charge on any atom is -0.467 e. The van der Waals surface area contributed by atoms with Gasteiger partial charge in [0.05, 0.1) is 23.5 Å². The second kappa shape index (κ2) is 6.36. The molecule has 0 aliphatic carbocycles. The number of hydrogen-bond donors (Lipinski definition) is 2. The number of benzene rings is 1. The van der Waals surface area contributed by atoms with Crippen molar-refractivity contribution < 1.29 is 14.3 Å². The molecule has 0 aliphatic heterocycles. The molecule has 0 saturated heterocycles. The highest BCUT2D eigenvalue weighted by Gasteiger charge is 2.12. The van der Waals surface area contributed by atoms with Gasteiger partial charge in [-0.1, -0.05) is 12.1 Å². The van der Waals surface area contributed by atoms with Crippen molar-refractivity contribution in [2.75, 3.05) is 6.54 Å². The molecule has 112 valence electrons. The third-order valence-electron chi connectivity index (χ3n) is 3.26. The molecule has 1 aromatic carbocycles. The lowest BCUT2D eigenvalue weighted by Crippen LogP contribution is -2.26. The quantitative estimate of drug-likeness (QED) is 0.752. The number of fused-ring (bicyclic) bond motifs is 1. The van der Waals surface area contributed by atoms with E-state index in [0.717, 1.165) is 5.52 Å². The first-order chi connectivity index (χ1) is 10.7. The number of amides is 1. The number of hydrogen-bond acceptors (Lipinski definition) is 5. The molecule has 3 aromatic rings. The third kappa shape index (κ3) is 3.12. The predicted octanol–water partition coefficient (Wildman–Crippen LogP) is 2.08. The van der Waals surface area contributed by atoms with Crippen LogP contribution in [0.1, 0.15) is 28.8 Å². The number of nitrogens with one attached hydrogen (secondary N) is 1. The fraction of sp³-hybridized carbons (Fsp3) is 0.188. The number of furan rings is 1. The number of nitrogens with zero attached hydrogens (tertiary/aromatic N) is 2. The van der Waals surface area contributed by atoms with Crippen LogP contribution in [0.25, 0.3) is 11.0 Å². The van der Waals surface area contributed by atoms with Crippen molar-refractivity contribution in [3.05, 3.63) is 60.3 Å². The van der Waals surface area contributed by atoms with Crippen molar-refractivity contribution in [3.63, 3.8) is 0 Å². The van der Waals surface area contributed by atoms with Gasteiger partial charge in [0.2, 0.25) is 0 Å². The average molecular weight is 297 g/mol. The molecule has 1 unspecified atom stereocenters. The maximum absolute atomic E-state index is 12.0. The van der Waals surface area contributed by atoms with E-state index in [0.29, 0.717) is 24.2 Å². The summed E-state index contributed by atoms with van der Waals surface area (Å²) >= 11 is 0. The molecular weight excluding hydrogens is 282 g/mol. The zero-order valence-electron chi connectivity index (χ0n) is 11.8. The Morgan fingerprint density at radius 2 is 2.05 bits per heavy atom. The zero-order chi connectivity index (χ0) is 15.4. The lowest BCUT2D eigenvalue weighted by atomic mass is 10.2. The molecular formula is C16H15N3O3. The average Bonchev–Trinajstić information content (AvgIpc) is 3.08. The standard InChI is InChI=1S/C16H15N3O3/c20-14(15-6-3-9-22-15)7-8-17-16(21)13-10-18-11-4-1-2-5-12(11)19-13/h1-6,9-10,14,20H,7-8H2,(H,17,21). The Balaban J connectivity index is 1.59. The summed E-state index contributed by atoms with van der Waals surface area (Å²) < 4.78 is 5.10. The number of carbonyl (C=O) groups excluding carboxylic acids is 1. The van der Waals surface area contributed by atoms with Crippen molar-refractivity contribution in [3.8, 4) is 0 Å². The third-order valence-corrected chi connectivity index (χ3v) is 3.26. The Kier molecular flexibility index (Phi) is 4.11. The highest BCUT2D eigenvalue weighted by molar-refractivity contribution is 5.93.